The van der Waals surface area contributed by atoms with Gasteiger partial charge < -0.3 is 14.4 Å². The molecular formula is C19H20N2O3S2. The summed E-state index contributed by atoms with van der Waals surface area (Å²) in [7, 11) is 5.02. The molecule has 1 aromatic carbocycles. The van der Waals surface area contributed by atoms with Crippen molar-refractivity contribution in [2.75, 3.05) is 21.3 Å². The number of amides is 1. The van der Waals surface area contributed by atoms with Crippen molar-refractivity contribution in [3.8, 4) is 22.1 Å². The maximum Gasteiger partial charge on any atom is 0.265 e. The fraction of sp³-hybridized carbons (Fsp3) is 0.263. The zero-order valence-corrected chi connectivity index (χ0v) is 16.7. The normalized spacial score (nSPS) is 10.6. The number of aryl methyl sites for hydroxylation is 1. The minimum absolute atomic E-state index is 0.0158. The van der Waals surface area contributed by atoms with E-state index in [1.807, 2.05) is 43.6 Å². The molecule has 1 amide bonds. The first-order valence-electron chi connectivity index (χ1n) is 8.00. The van der Waals surface area contributed by atoms with Gasteiger partial charge in [-0.2, -0.15) is 11.3 Å². The fourth-order valence-corrected chi connectivity index (χ4v) is 4.31. The Hall–Kier alpha value is -2.38. The third-order valence-corrected chi connectivity index (χ3v) is 5.89. The van der Waals surface area contributed by atoms with E-state index in [-0.39, 0.29) is 5.91 Å². The number of carbonyl (C=O) groups excluding carboxylic acids is 1. The number of nitrogens with zero attached hydrogens (tertiary/aromatic N) is 2. The topological polar surface area (TPSA) is 51.7 Å². The molecule has 0 unspecified atom stereocenters. The van der Waals surface area contributed by atoms with Crippen molar-refractivity contribution in [3.05, 3.63) is 51.2 Å². The summed E-state index contributed by atoms with van der Waals surface area (Å²) in [6.07, 6.45) is 0. The van der Waals surface area contributed by atoms with Crippen LogP contribution in [0.4, 0.5) is 0 Å². The SMILES string of the molecule is COc1ccc(-c2nc(C)c(C(=O)N(C)Cc3ccsc3)s2)cc1OC. The second-order valence-corrected chi connectivity index (χ2v) is 7.58. The lowest BCUT2D eigenvalue weighted by Gasteiger charge is -2.15. The lowest BCUT2D eigenvalue weighted by Crippen LogP contribution is -2.25. The number of methoxy groups -OCH3 is 2. The van der Waals surface area contributed by atoms with Gasteiger partial charge in [0, 0.05) is 19.2 Å². The van der Waals surface area contributed by atoms with Gasteiger partial charge in [0.25, 0.3) is 5.91 Å². The molecule has 5 nitrogen and oxygen atoms in total. The Kier molecular flexibility index (Phi) is 5.58. The first-order valence-corrected chi connectivity index (χ1v) is 9.75. The standard InChI is InChI=1S/C19H20N2O3S2/c1-12-17(19(22)21(2)10-13-7-8-25-11-13)26-18(20-12)14-5-6-15(23-3)16(9-14)24-4/h5-9,11H,10H2,1-4H3. The van der Waals surface area contributed by atoms with E-state index in [0.717, 1.165) is 21.8 Å². The van der Waals surface area contributed by atoms with Crippen LogP contribution in [-0.2, 0) is 6.54 Å². The van der Waals surface area contributed by atoms with Crippen molar-refractivity contribution >= 4 is 28.6 Å². The quantitative estimate of drug-likeness (QED) is 0.625. The van der Waals surface area contributed by atoms with Crippen LogP contribution in [0.5, 0.6) is 11.5 Å². The lowest BCUT2D eigenvalue weighted by atomic mass is 10.2. The monoisotopic (exact) mass is 388 g/mol. The predicted molar refractivity (Wildman–Crippen MR) is 106 cm³/mol. The first kappa shape index (κ1) is 18.4. The second-order valence-electron chi connectivity index (χ2n) is 5.80. The molecule has 3 aromatic rings. The maximum atomic E-state index is 12.8. The molecule has 0 N–H and O–H groups in total. The maximum absolute atomic E-state index is 12.8. The smallest absolute Gasteiger partial charge is 0.265 e. The molecule has 0 bridgehead atoms. The molecule has 0 radical (unpaired) electrons. The van der Waals surface area contributed by atoms with Gasteiger partial charge in [0.1, 0.15) is 9.88 Å². The Balaban J connectivity index is 1.86. The number of benzene rings is 1. The highest BCUT2D eigenvalue weighted by atomic mass is 32.1. The second kappa shape index (κ2) is 7.88. The van der Waals surface area contributed by atoms with Gasteiger partial charge in [0.2, 0.25) is 0 Å². The number of rotatable bonds is 6. The summed E-state index contributed by atoms with van der Waals surface area (Å²) in [5.41, 5.74) is 2.77. The number of thiophene rings is 1. The van der Waals surface area contributed by atoms with Gasteiger partial charge in [-0.1, -0.05) is 0 Å². The Bertz CT molecular complexity index is 904. The van der Waals surface area contributed by atoms with Crippen LogP contribution in [0.2, 0.25) is 0 Å². The van der Waals surface area contributed by atoms with E-state index in [9.17, 15) is 4.79 Å². The van der Waals surface area contributed by atoms with Crippen LogP contribution in [-0.4, -0.2) is 37.1 Å². The van der Waals surface area contributed by atoms with Crippen molar-refractivity contribution in [2.45, 2.75) is 13.5 Å². The molecule has 0 aliphatic rings. The van der Waals surface area contributed by atoms with Gasteiger partial charge in [0.15, 0.2) is 11.5 Å². The Labute approximate surface area is 160 Å². The molecule has 0 aliphatic carbocycles. The van der Waals surface area contributed by atoms with E-state index < -0.39 is 0 Å². The van der Waals surface area contributed by atoms with Crippen LogP contribution in [0, 0.1) is 6.92 Å². The van der Waals surface area contributed by atoms with E-state index in [2.05, 4.69) is 10.4 Å². The van der Waals surface area contributed by atoms with Crippen LogP contribution in [0.1, 0.15) is 20.9 Å². The number of carbonyl (C=O) groups is 1. The minimum atomic E-state index is -0.0158. The molecule has 7 heteroatoms. The molecule has 0 atom stereocenters. The summed E-state index contributed by atoms with van der Waals surface area (Å²) in [6, 6.07) is 7.67. The van der Waals surface area contributed by atoms with Crippen molar-refractivity contribution in [2.24, 2.45) is 0 Å². The van der Waals surface area contributed by atoms with Crippen LogP contribution < -0.4 is 9.47 Å². The van der Waals surface area contributed by atoms with Crippen LogP contribution in [0.15, 0.2) is 35.0 Å². The molecule has 0 saturated carbocycles. The molecule has 136 valence electrons. The number of aromatic nitrogens is 1. The third kappa shape index (κ3) is 3.73. The van der Waals surface area contributed by atoms with Crippen LogP contribution in [0.25, 0.3) is 10.6 Å². The average molecular weight is 389 g/mol. The Morgan fingerprint density at radius 1 is 1.19 bits per heavy atom. The van der Waals surface area contributed by atoms with E-state index in [0.29, 0.717) is 22.9 Å². The van der Waals surface area contributed by atoms with E-state index >= 15 is 0 Å². The summed E-state index contributed by atoms with van der Waals surface area (Å²) in [5, 5.41) is 4.86. The van der Waals surface area contributed by atoms with Crippen LogP contribution >= 0.6 is 22.7 Å². The van der Waals surface area contributed by atoms with Crippen molar-refractivity contribution in [1.29, 1.82) is 0 Å². The number of hydrogen-bond acceptors (Lipinski definition) is 6. The fourth-order valence-electron chi connectivity index (χ4n) is 2.59. The molecule has 2 heterocycles. The minimum Gasteiger partial charge on any atom is -0.493 e. The number of thiazole rings is 1. The zero-order chi connectivity index (χ0) is 18.7. The van der Waals surface area contributed by atoms with E-state index in [1.54, 1.807) is 30.5 Å². The Morgan fingerprint density at radius 2 is 1.96 bits per heavy atom. The zero-order valence-electron chi connectivity index (χ0n) is 15.1. The molecule has 26 heavy (non-hydrogen) atoms. The third-order valence-electron chi connectivity index (χ3n) is 3.97. The average Bonchev–Trinajstić information content (AvgIpc) is 3.30. The lowest BCUT2D eigenvalue weighted by molar-refractivity contribution is 0.0789. The van der Waals surface area contributed by atoms with Crippen molar-refractivity contribution < 1.29 is 14.3 Å². The summed E-state index contributed by atoms with van der Waals surface area (Å²) in [5.74, 6) is 1.29. The highest BCUT2D eigenvalue weighted by molar-refractivity contribution is 7.17. The molecular weight excluding hydrogens is 368 g/mol. The van der Waals surface area contributed by atoms with Gasteiger partial charge in [-0.25, -0.2) is 4.98 Å². The van der Waals surface area contributed by atoms with Crippen molar-refractivity contribution in [3.63, 3.8) is 0 Å². The van der Waals surface area contributed by atoms with E-state index in [4.69, 9.17) is 9.47 Å². The molecule has 2 aromatic heterocycles. The van der Waals surface area contributed by atoms with Crippen LogP contribution in [0.3, 0.4) is 0 Å². The first-order chi connectivity index (χ1) is 12.5. The van der Waals surface area contributed by atoms with Gasteiger partial charge in [-0.05, 0) is 47.5 Å². The number of hydrogen-bond donors (Lipinski definition) is 0. The molecule has 0 saturated heterocycles. The predicted octanol–water partition coefficient (Wildman–Crippen LogP) is 4.47. The summed E-state index contributed by atoms with van der Waals surface area (Å²) in [6.45, 7) is 2.46. The molecule has 0 spiro atoms. The van der Waals surface area contributed by atoms with Gasteiger partial charge in [-0.3, -0.25) is 4.79 Å². The van der Waals surface area contributed by atoms with E-state index in [1.165, 1.54) is 11.3 Å². The summed E-state index contributed by atoms with van der Waals surface area (Å²) in [4.78, 5) is 19.8. The van der Waals surface area contributed by atoms with Gasteiger partial charge in [0.05, 0.1) is 19.9 Å². The van der Waals surface area contributed by atoms with Gasteiger partial charge >= 0.3 is 0 Å². The largest absolute Gasteiger partial charge is 0.493 e. The molecule has 3 rings (SSSR count). The highest BCUT2D eigenvalue weighted by Gasteiger charge is 2.20. The number of ether oxygens (including phenoxy) is 2. The van der Waals surface area contributed by atoms with Crippen molar-refractivity contribution in [1.82, 2.24) is 9.88 Å². The van der Waals surface area contributed by atoms with Gasteiger partial charge in [-0.15, -0.1) is 11.3 Å². The molecule has 0 fully saturated rings. The Morgan fingerprint density at radius 3 is 2.62 bits per heavy atom. The highest BCUT2D eigenvalue weighted by Crippen LogP contribution is 2.35. The summed E-state index contributed by atoms with van der Waals surface area (Å²) < 4.78 is 10.6. The summed E-state index contributed by atoms with van der Waals surface area (Å²) >= 11 is 3.03. The molecule has 0 aliphatic heterocycles.